The largest absolute Gasteiger partial charge is 1.00 e. The van der Waals surface area contributed by atoms with Gasteiger partial charge in [-0.2, -0.15) is 0 Å². The molecule has 0 fully saturated rings. The Kier molecular flexibility index (Phi) is 23.3. The second-order valence-electron chi connectivity index (χ2n) is 8.15. The van der Waals surface area contributed by atoms with E-state index in [1.54, 1.807) is 0 Å². The van der Waals surface area contributed by atoms with Gasteiger partial charge < -0.3 is 11.6 Å². The van der Waals surface area contributed by atoms with Gasteiger partial charge in [-0.05, 0) is 12.3 Å². The summed E-state index contributed by atoms with van der Waals surface area (Å²) in [4.78, 5) is 22.4. The summed E-state index contributed by atoms with van der Waals surface area (Å²) in [5.41, 5.74) is 0. The van der Waals surface area contributed by atoms with Gasteiger partial charge in [-0.15, -0.1) is 0 Å². The van der Waals surface area contributed by atoms with E-state index in [9.17, 15) is 9.59 Å². The van der Waals surface area contributed by atoms with Crippen LogP contribution in [0.25, 0.3) is 0 Å². The van der Waals surface area contributed by atoms with Gasteiger partial charge in [0.1, 0.15) is 0 Å². The Balaban J connectivity index is -0.00000338. The van der Waals surface area contributed by atoms with Gasteiger partial charge in [0.05, 0.1) is 0 Å². The Morgan fingerprint density at radius 2 is 0.964 bits per heavy atom. The monoisotopic (exact) mass is 408 g/mol. The molecule has 0 amide bonds. The molecule has 0 radical (unpaired) electrons. The number of hydrogen-bond acceptors (Lipinski definition) is 2. The predicted octanol–water partition coefficient (Wildman–Crippen LogP) is 4.18. The maximum absolute atomic E-state index is 11.2. The van der Waals surface area contributed by atoms with Gasteiger partial charge in [0, 0.05) is 0 Å². The molecule has 2 N–H and O–H groups in total. The van der Waals surface area contributed by atoms with Crippen molar-refractivity contribution in [2.24, 2.45) is 11.8 Å². The van der Waals surface area contributed by atoms with Gasteiger partial charge in [0.25, 0.3) is 0 Å². The van der Waals surface area contributed by atoms with Gasteiger partial charge in [-0.3, -0.25) is 9.59 Å². The van der Waals surface area contributed by atoms with Crippen molar-refractivity contribution in [1.82, 2.24) is 0 Å². The molecule has 0 spiro atoms. The quantitative estimate of drug-likeness (QED) is 0.180. The van der Waals surface area contributed by atoms with Crippen molar-refractivity contribution in [2.75, 3.05) is 0 Å². The fourth-order valence-electron chi connectivity index (χ4n) is 3.80. The molecule has 0 aliphatic rings. The van der Waals surface area contributed by atoms with E-state index in [0.29, 0.717) is 0 Å². The van der Waals surface area contributed by atoms with E-state index >= 15 is 0 Å². The number of rotatable bonds is 20. The van der Waals surface area contributed by atoms with E-state index in [0.717, 1.165) is 32.1 Å². The van der Waals surface area contributed by atoms with E-state index in [1.165, 1.54) is 70.6 Å². The zero-order valence-corrected chi connectivity index (χ0v) is 20.9. The molecule has 1 atom stereocenters. The van der Waals surface area contributed by atoms with Crippen molar-refractivity contribution in [3.63, 3.8) is 0 Å². The van der Waals surface area contributed by atoms with E-state index in [-0.39, 0.29) is 43.3 Å². The first kappa shape index (κ1) is 30.1. The predicted molar refractivity (Wildman–Crippen MR) is 113 cm³/mol. The van der Waals surface area contributed by atoms with Crippen LogP contribution in [-0.2, 0) is 9.59 Å². The molecule has 162 valence electrons. The average Bonchev–Trinajstić information content (AvgIpc) is 2.63. The van der Waals surface area contributed by atoms with Gasteiger partial charge in [0.15, 0.2) is 5.92 Å². The van der Waals surface area contributed by atoms with Crippen molar-refractivity contribution in [1.29, 1.82) is 0 Å². The van der Waals surface area contributed by atoms with Gasteiger partial charge in [0.2, 0.25) is 0 Å². The summed E-state index contributed by atoms with van der Waals surface area (Å²) in [5, 5.41) is 18.3. The van der Waals surface area contributed by atoms with Crippen molar-refractivity contribution >= 4 is 11.9 Å². The molecule has 0 aliphatic heterocycles. The zero-order chi connectivity index (χ0) is 20.3. The molecular weight excluding hydrogens is 363 g/mol. The summed E-state index contributed by atoms with van der Waals surface area (Å²) in [6, 6.07) is 0. The molecule has 28 heavy (non-hydrogen) atoms. The van der Waals surface area contributed by atoms with Crippen LogP contribution in [0.3, 0.4) is 0 Å². The summed E-state index contributed by atoms with van der Waals surface area (Å²) in [6.07, 6.45) is 19.7. The molecule has 0 aromatic rings. The molecule has 0 heterocycles. The summed E-state index contributed by atoms with van der Waals surface area (Å²) in [7, 11) is 0. The number of hydrogen-bond donors (Lipinski definition) is 2. The second-order valence-corrected chi connectivity index (χ2v) is 8.15. The Morgan fingerprint density at radius 3 is 1.32 bits per heavy atom. The van der Waals surface area contributed by atoms with Crippen LogP contribution >= 0.6 is 0 Å². The van der Waals surface area contributed by atoms with Crippen LogP contribution in [0.5, 0.6) is 0 Å². The smallest absolute Gasteiger partial charge is 1.00 e. The summed E-state index contributed by atoms with van der Waals surface area (Å²) in [6.45, 7) is 4.42. The first-order valence-corrected chi connectivity index (χ1v) is 11.5. The first-order valence-electron chi connectivity index (χ1n) is 11.5. The fourth-order valence-corrected chi connectivity index (χ4v) is 3.80. The Hall–Kier alpha value is -0.0600. The molecule has 0 saturated carbocycles. The molecule has 0 aromatic heterocycles. The molecule has 5 heteroatoms. The van der Waals surface area contributed by atoms with Crippen LogP contribution in [0.4, 0.5) is 0 Å². The Labute approximate surface area is 197 Å². The summed E-state index contributed by atoms with van der Waals surface area (Å²) in [5.74, 6) is -3.40. The molecule has 0 aliphatic carbocycles. The van der Waals surface area contributed by atoms with Crippen LogP contribution in [0.1, 0.15) is 124 Å². The van der Waals surface area contributed by atoms with Gasteiger partial charge >= 0.3 is 41.5 Å². The summed E-state index contributed by atoms with van der Waals surface area (Å²) >= 11 is 0. The van der Waals surface area contributed by atoms with Crippen molar-refractivity contribution in [3.8, 4) is 0 Å². The Bertz CT molecular complexity index is 366. The molecule has 1 unspecified atom stereocenters. The van der Waals surface area contributed by atoms with E-state index in [1.807, 2.05) is 0 Å². The Morgan fingerprint density at radius 1 is 0.643 bits per heavy atom. The summed E-state index contributed by atoms with van der Waals surface area (Å²) < 4.78 is 0. The van der Waals surface area contributed by atoms with Gasteiger partial charge in [-0.25, -0.2) is 0 Å². The number of carboxylic acid groups (broad SMARTS) is 2. The number of unbranched alkanes of at least 4 members (excludes halogenated alkanes) is 12. The van der Waals surface area contributed by atoms with Crippen LogP contribution < -0.4 is 29.6 Å². The number of aliphatic carboxylic acids is 2. The van der Waals surface area contributed by atoms with E-state index < -0.39 is 17.9 Å². The third-order valence-corrected chi connectivity index (χ3v) is 5.60. The fraction of sp³-hybridized carbons (Fsp3) is 0.913. The number of carbonyl (C=O) groups is 2. The topological polar surface area (TPSA) is 74.6 Å². The first-order chi connectivity index (χ1) is 13.0. The second kappa shape index (κ2) is 21.6. The average molecular weight is 409 g/mol. The molecule has 0 rings (SSSR count). The van der Waals surface area contributed by atoms with Crippen LogP contribution in [0.15, 0.2) is 0 Å². The molecule has 0 aromatic carbocycles. The third-order valence-electron chi connectivity index (χ3n) is 5.60. The number of carboxylic acids is 2. The standard InChI is InChI=1S/C23H44O4.Na.H/c1-3-5-7-9-10-11-12-13-14-16-18-20(17-15-8-6-4-2)19-21(22(24)25)23(26)27;;/h20-21H,3-19H2,1-2H3,(H,24,25)(H,26,27);;/q;+1;-1. The van der Waals surface area contributed by atoms with E-state index in [4.69, 9.17) is 10.2 Å². The minimum Gasteiger partial charge on any atom is -1.00 e. The van der Waals surface area contributed by atoms with Crippen molar-refractivity contribution in [3.05, 3.63) is 0 Å². The molecule has 0 saturated heterocycles. The zero-order valence-electron chi connectivity index (χ0n) is 19.9. The minimum absolute atomic E-state index is 0. The van der Waals surface area contributed by atoms with Crippen LogP contribution in [-0.4, -0.2) is 22.2 Å². The third kappa shape index (κ3) is 18.0. The van der Waals surface area contributed by atoms with E-state index in [2.05, 4.69) is 13.8 Å². The van der Waals surface area contributed by atoms with Crippen LogP contribution in [0.2, 0.25) is 0 Å². The van der Waals surface area contributed by atoms with Crippen molar-refractivity contribution in [2.45, 2.75) is 123 Å². The maximum Gasteiger partial charge on any atom is 1.00 e. The molecular formula is C23H45NaO4. The maximum atomic E-state index is 11.2. The normalized spacial score (nSPS) is 12.0. The minimum atomic E-state index is -1.25. The SMILES string of the molecule is CCCCCCCCCCCCC(CCCCCC)CC(C(=O)O)C(=O)O.[H-].[Na+]. The molecule has 4 nitrogen and oxygen atoms in total. The van der Waals surface area contributed by atoms with Gasteiger partial charge in [-0.1, -0.05) is 117 Å². The van der Waals surface area contributed by atoms with Crippen molar-refractivity contribution < 1.29 is 50.8 Å². The van der Waals surface area contributed by atoms with Crippen LogP contribution in [0, 0.1) is 11.8 Å². The molecule has 0 bridgehead atoms.